The fourth-order valence-electron chi connectivity index (χ4n) is 3.95. The zero-order chi connectivity index (χ0) is 19.5. The summed E-state index contributed by atoms with van der Waals surface area (Å²) >= 11 is -6.55. The molecule has 1 aromatic carbocycles. The molecule has 143 valence electrons. The van der Waals surface area contributed by atoms with Gasteiger partial charge in [-0.3, -0.25) is 0 Å². The zero-order valence-electron chi connectivity index (χ0n) is 17.1. The number of para-hydroxylation sites is 1. The number of hydrogen-bond acceptors (Lipinski definition) is 4. The second-order valence-corrected chi connectivity index (χ2v) is 47.4. The van der Waals surface area contributed by atoms with Crippen LogP contribution in [-0.4, -0.2) is 19.2 Å². The Kier molecular flexibility index (Phi) is 2.42. The van der Waals surface area contributed by atoms with Crippen molar-refractivity contribution in [2.24, 2.45) is 0 Å². The van der Waals surface area contributed by atoms with E-state index in [1.807, 2.05) is 62.6 Å². The standard InChI is InChI=1S/C9H7NO.C5H5.2CH3O.5CH3.Ti/c11-9-5-6-10-8-4-2-1-3-7(8)9;1-2-4-5-3-1;2*1-2;;;;;;/h1-6H,(H,10,11);1-3H,4H2;2*1H3;5*1H3;/q;;2*-1;;;;;;+3/p-1. The van der Waals surface area contributed by atoms with Gasteiger partial charge in [0.25, 0.3) is 0 Å². The molecule has 5 heteroatoms. The Balaban J connectivity index is 2.51. The Bertz CT molecular complexity index is 1080. The van der Waals surface area contributed by atoms with Crippen molar-refractivity contribution in [1.29, 1.82) is 0 Å². The molecule has 0 fully saturated rings. The summed E-state index contributed by atoms with van der Waals surface area (Å²) in [4.78, 5) is 4.46. The van der Waals surface area contributed by atoms with E-state index in [0.717, 1.165) is 14.8 Å². The first-order valence-electron chi connectivity index (χ1n) is 9.28. The molecule has 1 heterocycles. The third-order valence-corrected chi connectivity index (χ3v) is 24.9. The molecule has 26 heavy (non-hydrogen) atoms. The quantitative estimate of drug-likeness (QED) is 0.538. The molecule has 0 radical (unpaired) electrons. The Hall–Kier alpha value is -1.46. The van der Waals surface area contributed by atoms with Gasteiger partial charge in [0, 0.05) is 0 Å². The van der Waals surface area contributed by atoms with Crippen molar-refractivity contribution in [3.63, 3.8) is 0 Å². The van der Waals surface area contributed by atoms with E-state index in [1.54, 1.807) is 20.4 Å². The summed E-state index contributed by atoms with van der Waals surface area (Å²) in [7, 11) is 3.38. The van der Waals surface area contributed by atoms with Crippen molar-refractivity contribution in [3.8, 4) is 5.75 Å². The van der Waals surface area contributed by atoms with Gasteiger partial charge in [0.05, 0.1) is 0 Å². The minimum atomic E-state index is -6.55. The second-order valence-electron chi connectivity index (χ2n) is 14.0. The molecular formula is C21H32NO3Ti. The third-order valence-electron chi connectivity index (χ3n) is 7.71. The second kappa shape index (κ2) is 3.26. The first-order valence-corrected chi connectivity index (χ1v) is 19.8. The van der Waals surface area contributed by atoms with E-state index < -0.39 is 11.3 Å². The van der Waals surface area contributed by atoms with Gasteiger partial charge in [-0.25, -0.2) is 0 Å². The first kappa shape index (κ1) is 19.3. The molecule has 0 spiro atoms. The fraction of sp³-hybridized carbons (Fsp3) is 0.381. The zero-order valence-corrected chi connectivity index (χ0v) is 18.6. The monoisotopic (exact) mass is 394 g/mol. The van der Waals surface area contributed by atoms with Gasteiger partial charge in [0.2, 0.25) is 0 Å². The number of benzene rings is 1. The van der Waals surface area contributed by atoms with Gasteiger partial charge in [-0.1, -0.05) is 0 Å². The van der Waals surface area contributed by atoms with Crippen molar-refractivity contribution in [3.05, 3.63) is 58.6 Å². The molecule has 0 amide bonds. The van der Waals surface area contributed by atoms with Crippen LogP contribution in [0, 0.1) is 0 Å². The maximum atomic E-state index is 7.20. The van der Waals surface area contributed by atoms with Gasteiger partial charge in [-0.05, 0) is 0 Å². The normalized spacial score (nSPS) is 22.9. The Morgan fingerprint density at radius 2 is 1.58 bits per heavy atom. The summed E-state index contributed by atoms with van der Waals surface area (Å²) in [6.07, 6.45) is 8.66. The molecule has 0 bridgehead atoms. The maximum absolute atomic E-state index is 7.20. The van der Waals surface area contributed by atoms with E-state index in [4.69, 9.17) is 9.96 Å². The van der Waals surface area contributed by atoms with Crippen LogP contribution >= 0.6 is 0 Å². The van der Waals surface area contributed by atoms with Crippen LogP contribution in [0.25, 0.3) is 10.9 Å². The topological polar surface area (TPSA) is 40.6 Å². The van der Waals surface area contributed by atoms with E-state index in [1.165, 1.54) is 0 Å². The minimum absolute atomic E-state index is 0.688. The number of allylic oxidation sites excluding steroid dienone is 4. The molecule has 0 saturated carbocycles. The van der Waals surface area contributed by atoms with Gasteiger partial charge in [-0.15, -0.1) is 0 Å². The summed E-state index contributed by atoms with van der Waals surface area (Å²) in [5.74, 6) is 0.688. The summed E-state index contributed by atoms with van der Waals surface area (Å²) < 4.78 is 21.5. The van der Waals surface area contributed by atoms with E-state index in [2.05, 4.69) is 17.1 Å². The van der Waals surface area contributed by atoms with Gasteiger partial charge in [-0.2, -0.15) is 0 Å². The average Bonchev–Trinajstić information content (AvgIpc) is 3.13. The average molecular weight is 394 g/mol. The summed E-state index contributed by atoms with van der Waals surface area (Å²) in [5, 5.41) is 11.1. The third kappa shape index (κ3) is 2.23. The first-order chi connectivity index (χ1) is 11.5. The SMILES string of the molecule is C[O][Ti]([CH3])([CH3])([CH3])([CH3])([CH3])([O]C)([O]c1ccnc2ccccc12)[C]1=CC=CC1. The number of pyridine rings is 1. The summed E-state index contributed by atoms with van der Waals surface area (Å²) in [6.45, 7) is 0. The van der Waals surface area contributed by atoms with E-state index in [9.17, 15) is 0 Å². The Labute approximate surface area is 148 Å². The van der Waals surface area contributed by atoms with Crippen molar-refractivity contribution < 1.29 is 21.3 Å². The van der Waals surface area contributed by atoms with Crippen LogP contribution in [-0.2, 0) is 18.0 Å². The molecule has 0 unspecified atom stereocenters. The van der Waals surface area contributed by atoms with Crippen molar-refractivity contribution in [2.75, 3.05) is 14.2 Å². The van der Waals surface area contributed by atoms with Crippen molar-refractivity contribution >= 4 is 10.9 Å². The van der Waals surface area contributed by atoms with Gasteiger partial charge in [0.15, 0.2) is 0 Å². The fourth-order valence-corrected chi connectivity index (χ4v) is 11.9. The molecule has 1 aliphatic carbocycles. The number of rotatable bonds is 5. The van der Waals surface area contributed by atoms with E-state index in [0.29, 0.717) is 12.2 Å². The Morgan fingerprint density at radius 1 is 0.923 bits per heavy atom. The van der Waals surface area contributed by atoms with Crippen LogP contribution in [0.4, 0.5) is 0 Å². The van der Waals surface area contributed by atoms with Gasteiger partial charge < -0.3 is 0 Å². The van der Waals surface area contributed by atoms with Crippen molar-refractivity contribution in [2.45, 2.75) is 32.6 Å². The van der Waals surface area contributed by atoms with Crippen LogP contribution in [0.5, 0.6) is 5.75 Å². The molecular weight excluding hydrogens is 362 g/mol. The molecule has 0 aliphatic heterocycles. The van der Waals surface area contributed by atoms with Crippen LogP contribution in [0.3, 0.4) is 0 Å². The molecule has 1 aromatic heterocycles. The van der Waals surface area contributed by atoms with Crippen LogP contribution in [0.2, 0.25) is 26.1 Å². The van der Waals surface area contributed by atoms with Crippen LogP contribution < -0.4 is 3.32 Å². The van der Waals surface area contributed by atoms with Crippen molar-refractivity contribution in [1.82, 2.24) is 4.98 Å². The molecule has 0 N–H and O–H groups in total. The molecule has 3 rings (SSSR count). The number of nitrogens with zero attached hydrogens (tertiary/aromatic N) is 1. The van der Waals surface area contributed by atoms with Gasteiger partial charge in [0.1, 0.15) is 0 Å². The molecule has 2 aromatic rings. The number of fused-ring (bicyclic) bond motifs is 1. The summed E-state index contributed by atoms with van der Waals surface area (Å²) in [5.41, 5.74) is 0.865. The Morgan fingerprint density at radius 3 is 2.15 bits per heavy atom. The van der Waals surface area contributed by atoms with Crippen LogP contribution in [0.1, 0.15) is 6.42 Å². The number of hydrogen-bond donors (Lipinski definition) is 0. The van der Waals surface area contributed by atoms with E-state index >= 15 is 0 Å². The molecule has 1 aliphatic rings. The van der Waals surface area contributed by atoms with Crippen LogP contribution in [0.15, 0.2) is 58.6 Å². The van der Waals surface area contributed by atoms with Gasteiger partial charge >= 0.3 is 148 Å². The van der Waals surface area contributed by atoms with E-state index in [-0.39, 0.29) is 0 Å². The molecule has 4 nitrogen and oxygen atoms in total. The predicted octanol–water partition coefficient (Wildman–Crippen LogP) is 6.57. The number of aromatic nitrogens is 1. The predicted molar refractivity (Wildman–Crippen MR) is 108 cm³/mol. The summed E-state index contributed by atoms with van der Waals surface area (Å²) in [6, 6.07) is 9.81. The molecule has 0 atom stereocenters. The molecule has 0 saturated heterocycles.